The molecule has 24 heavy (non-hydrogen) atoms. The Kier molecular flexibility index (Phi) is 5.82. The van der Waals surface area contributed by atoms with Gasteiger partial charge >= 0.3 is 6.18 Å². The maximum atomic E-state index is 12.4. The summed E-state index contributed by atoms with van der Waals surface area (Å²) < 4.78 is 37.2. The zero-order chi connectivity index (χ0) is 17.7. The predicted molar refractivity (Wildman–Crippen MR) is 83.2 cm³/mol. The van der Waals surface area contributed by atoms with Gasteiger partial charge in [-0.1, -0.05) is 19.1 Å². The number of hydrogen-bond donors (Lipinski definition) is 2. The van der Waals surface area contributed by atoms with Crippen molar-refractivity contribution in [2.75, 3.05) is 25.0 Å². The first kappa shape index (κ1) is 18.3. The van der Waals surface area contributed by atoms with Crippen LogP contribution >= 0.6 is 0 Å². The first-order valence-electron chi connectivity index (χ1n) is 7.73. The molecule has 1 heterocycles. The molecule has 5 nitrogen and oxygen atoms in total. The minimum atomic E-state index is -4.46. The average Bonchev–Trinajstić information content (AvgIpc) is 2.85. The van der Waals surface area contributed by atoms with Crippen molar-refractivity contribution in [3.63, 3.8) is 0 Å². The molecule has 1 aliphatic rings. The fourth-order valence-electron chi connectivity index (χ4n) is 2.59. The first-order chi connectivity index (χ1) is 11.3. The largest absolute Gasteiger partial charge is 0.406 e. The SMILES string of the molecule is CCNCc1cccc(NC(=O)C2CC(=O)N(CC(F)(F)F)C2)c1. The van der Waals surface area contributed by atoms with Crippen LogP contribution in [0.3, 0.4) is 0 Å². The van der Waals surface area contributed by atoms with E-state index < -0.39 is 30.5 Å². The molecule has 1 aromatic carbocycles. The van der Waals surface area contributed by atoms with Crippen molar-refractivity contribution in [3.05, 3.63) is 29.8 Å². The normalized spacial score (nSPS) is 18.1. The van der Waals surface area contributed by atoms with Gasteiger partial charge < -0.3 is 15.5 Å². The Balaban J connectivity index is 1.94. The number of nitrogens with one attached hydrogen (secondary N) is 2. The lowest BCUT2D eigenvalue weighted by molar-refractivity contribution is -0.157. The summed E-state index contributed by atoms with van der Waals surface area (Å²) in [7, 11) is 0. The first-order valence-corrected chi connectivity index (χ1v) is 7.73. The fourth-order valence-corrected chi connectivity index (χ4v) is 2.59. The summed E-state index contributed by atoms with van der Waals surface area (Å²) in [6.07, 6.45) is -4.65. The van der Waals surface area contributed by atoms with E-state index in [1.54, 1.807) is 18.2 Å². The average molecular weight is 343 g/mol. The molecule has 1 fully saturated rings. The third kappa shape index (κ3) is 5.23. The van der Waals surface area contributed by atoms with E-state index in [1.165, 1.54) is 0 Å². The summed E-state index contributed by atoms with van der Waals surface area (Å²) >= 11 is 0. The van der Waals surface area contributed by atoms with E-state index in [2.05, 4.69) is 10.6 Å². The molecule has 2 amide bonds. The van der Waals surface area contributed by atoms with Crippen molar-refractivity contribution in [3.8, 4) is 0 Å². The van der Waals surface area contributed by atoms with Crippen molar-refractivity contribution >= 4 is 17.5 Å². The highest BCUT2D eigenvalue weighted by atomic mass is 19.4. The summed E-state index contributed by atoms with van der Waals surface area (Å²) in [5.74, 6) is -1.85. The van der Waals surface area contributed by atoms with Crippen LogP contribution in [0.1, 0.15) is 18.9 Å². The Labute approximate surface area is 138 Å². The summed E-state index contributed by atoms with van der Waals surface area (Å²) in [6, 6.07) is 7.20. The van der Waals surface area contributed by atoms with Gasteiger partial charge in [0.2, 0.25) is 11.8 Å². The minimum absolute atomic E-state index is 0.195. The second-order valence-corrected chi connectivity index (χ2v) is 5.76. The van der Waals surface area contributed by atoms with Crippen LogP contribution in [-0.2, 0) is 16.1 Å². The number of anilines is 1. The van der Waals surface area contributed by atoms with Gasteiger partial charge in [-0.3, -0.25) is 9.59 Å². The number of amides is 2. The fraction of sp³-hybridized carbons (Fsp3) is 0.500. The second kappa shape index (κ2) is 7.65. The highest BCUT2D eigenvalue weighted by Gasteiger charge is 2.40. The number of halogens is 3. The van der Waals surface area contributed by atoms with Gasteiger partial charge in [0.1, 0.15) is 6.54 Å². The van der Waals surface area contributed by atoms with Gasteiger partial charge in [0.25, 0.3) is 0 Å². The van der Waals surface area contributed by atoms with Gasteiger partial charge in [0, 0.05) is 25.2 Å². The van der Waals surface area contributed by atoms with Gasteiger partial charge in [0.15, 0.2) is 0 Å². The molecule has 1 aromatic rings. The third-order valence-electron chi connectivity index (χ3n) is 3.73. The lowest BCUT2D eigenvalue weighted by atomic mass is 10.1. The van der Waals surface area contributed by atoms with Crippen LogP contribution in [-0.4, -0.2) is 42.5 Å². The molecule has 1 saturated heterocycles. The molecule has 2 rings (SSSR count). The number of nitrogens with zero attached hydrogens (tertiary/aromatic N) is 1. The molecule has 2 N–H and O–H groups in total. The molecule has 0 spiro atoms. The summed E-state index contributed by atoms with van der Waals surface area (Å²) in [5, 5.41) is 5.84. The predicted octanol–water partition coefficient (Wildman–Crippen LogP) is 2.15. The maximum absolute atomic E-state index is 12.4. The molecule has 0 bridgehead atoms. The summed E-state index contributed by atoms with van der Waals surface area (Å²) in [4.78, 5) is 24.5. The number of hydrogen-bond acceptors (Lipinski definition) is 3. The molecule has 0 radical (unpaired) electrons. The Bertz CT molecular complexity index is 604. The number of carbonyl (C=O) groups is 2. The number of carbonyl (C=O) groups excluding carboxylic acids is 2. The highest BCUT2D eigenvalue weighted by molar-refractivity contribution is 5.97. The van der Waals surface area contributed by atoms with Crippen LogP contribution in [0.5, 0.6) is 0 Å². The van der Waals surface area contributed by atoms with Gasteiger partial charge in [-0.2, -0.15) is 13.2 Å². The van der Waals surface area contributed by atoms with Crippen LogP contribution in [0.2, 0.25) is 0 Å². The molecule has 0 aliphatic carbocycles. The van der Waals surface area contributed by atoms with Crippen LogP contribution in [0, 0.1) is 5.92 Å². The van der Waals surface area contributed by atoms with Gasteiger partial charge in [-0.05, 0) is 24.2 Å². The van der Waals surface area contributed by atoms with E-state index in [-0.39, 0.29) is 13.0 Å². The highest BCUT2D eigenvalue weighted by Crippen LogP contribution is 2.25. The Morgan fingerprint density at radius 3 is 2.79 bits per heavy atom. The van der Waals surface area contributed by atoms with Crippen molar-refractivity contribution in [1.29, 1.82) is 0 Å². The molecular weight excluding hydrogens is 323 g/mol. The molecule has 1 atom stereocenters. The van der Waals surface area contributed by atoms with Crippen molar-refractivity contribution in [2.45, 2.75) is 26.1 Å². The number of alkyl halides is 3. The standard InChI is InChI=1S/C16H20F3N3O2/c1-2-20-8-11-4-3-5-13(6-11)21-15(24)12-7-14(23)22(9-12)10-16(17,18)19/h3-6,12,20H,2,7-10H2,1H3,(H,21,24). The smallest absolute Gasteiger partial charge is 0.333 e. The van der Waals surface area contributed by atoms with E-state index in [9.17, 15) is 22.8 Å². The molecular formula is C16H20F3N3O2. The van der Waals surface area contributed by atoms with Crippen LogP contribution < -0.4 is 10.6 Å². The van der Waals surface area contributed by atoms with Crippen molar-refractivity contribution in [2.24, 2.45) is 5.92 Å². The third-order valence-corrected chi connectivity index (χ3v) is 3.73. The quantitative estimate of drug-likeness (QED) is 0.832. The molecule has 1 aliphatic heterocycles. The van der Waals surface area contributed by atoms with E-state index in [0.717, 1.165) is 12.1 Å². The van der Waals surface area contributed by atoms with E-state index in [0.29, 0.717) is 17.1 Å². The van der Waals surface area contributed by atoms with E-state index in [1.807, 2.05) is 13.0 Å². The topological polar surface area (TPSA) is 61.4 Å². The van der Waals surface area contributed by atoms with Crippen molar-refractivity contribution in [1.82, 2.24) is 10.2 Å². The lowest BCUT2D eigenvalue weighted by Gasteiger charge is -2.18. The molecule has 8 heteroatoms. The number of benzene rings is 1. The molecule has 0 aromatic heterocycles. The van der Waals surface area contributed by atoms with Crippen LogP contribution in [0.25, 0.3) is 0 Å². The van der Waals surface area contributed by atoms with E-state index >= 15 is 0 Å². The minimum Gasteiger partial charge on any atom is -0.333 e. The van der Waals surface area contributed by atoms with Crippen LogP contribution in [0.15, 0.2) is 24.3 Å². The zero-order valence-electron chi connectivity index (χ0n) is 13.3. The Hall–Kier alpha value is -2.09. The maximum Gasteiger partial charge on any atom is 0.406 e. The van der Waals surface area contributed by atoms with Gasteiger partial charge in [-0.15, -0.1) is 0 Å². The monoisotopic (exact) mass is 343 g/mol. The second-order valence-electron chi connectivity index (χ2n) is 5.76. The molecule has 0 saturated carbocycles. The van der Waals surface area contributed by atoms with Gasteiger partial charge in [-0.25, -0.2) is 0 Å². The van der Waals surface area contributed by atoms with Crippen LogP contribution in [0.4, 0.5) is 18.9 Å². The van der Waals surface area contributed by atoms with Gasteiger partial charge in [0.05, 0.1) is 5.92 Å². The zero-order valence-corrected chi connectivity index (χ0v) is 13.3. The van der Waals surface area contributed by atoms with E-state index in [4.69, 9.17) is 0 Å². The molecule has 1 unspecified atom stereocenters. The summed E-state index contributed by atoms with van der Waals surface area (Å²) in [6.45, 7) is 1.93. The lowest BCUT2D eigenvalue weighted by Crippen LogP contribution is -2.36. The Morgan fingerprint density at radius 2 is 2.12 bits per heavy atom. The summed E-state index contributed by atoms with van der Waals surface area (Å²) in [5.41, 5.74) is 1.55. The number of rotatable bonds is 6. The number of likely N-dealkylation sites (tertiary alicyclic amines) is 1. The molecule has 132 valence electrons. The van der Waals surface area contributed by atoms with Crippen molar-refractivity contribution < 1.29 is 22.8 Å². The Morgan fingerprint density at radius 1 is 1.38 bits per heavy atom.